The Labute approximate surface area is 104 Å². The van der Waals surface area contributed by atoms with Crippen molar-refractivity contribution in [2.24, 2.45) is 0 Å². The van der Waals surface area contributed by atoms with Crippen LogP contribution < -0.4 is 4.74 Å². The number of carbonyl (C=O) groups is 1. The van der Waals surface area contributed by atoms with Gasteiger partial charge in [0.2, 0.25) is 0 Å². The number of hydrogen-bond acceptors (Lipinski definition) is 4. The highest BCUT2D eigenvalue weighted by Crippen LogP contribution is 2.28. The highest BCUT2D eigenvalue weighted by molar-refractivity contribution is 9.10. The van der Waals surface area contributed by atoms with E-state index in [9.17, 15) is 13.6 Å². The zero-order valence-electron chi connectivity index (χ0n) is 8.54. The quantitative estimate of drug-likeness (QED) is 0.806. The number of nitrogens with zero attached hydrogens (tertiary/aromatic N) is 1. The van der Waals surface area contributed by atoms with E-state index in [0.29, 0.717) is 0 Å². The molecule has 0 aliphatic carbocycles. The second kappa shape index (κ2) is 5.59. The van der Waals surface area contributed by atoms with E-state index in [-0.39, 0.29) is 21.3 Å². The van der Waals surface area contributed by atoms with Crippen molar-refractivity contribution in [2.45, 2.75) is 6.61 Å². The van der Waals surface area contributed by atoms with Gasteiger partial charge in [-0.25, -0.2) is 4.79 Å². The fourth-order valence-corrected chi connectivity index (χ4v) is 1.75. The molecule has 0 amide bonds. The van der Waals surface area contributed by atoms with Crippen molar-refractivity contribution in [3.05, 3.63) is 27.7 Å². The van der Waals surface area contributed by atoms with Gasteiger partial charge in [0.15, 0.2) is 0 Å². The maximum absolute atomic E-state index is 12.0. The van der Waals surface area contributed by atoms with Crippen LogP contribution in [0.15, 0.2) is 16.6 Å². The number of rotatable bonds is 3. The number of methoxy groups -OCH3 is 1. The summed E-state index contributed by atoms with van der Waals surface area (Å²) in [5, 5.41) is 8.82. The highest BCUT2D eigenvalue weighted by Gasteiger charge is 2.18. The summed E-state index contributed by atoms with van der Waals surface area (Å²) < 4.78 is 32.8. The summed E-state index contributed by atoms with van der Waals surface area (Å²) in [5.74, 6) is -0.951. The van der Waals surface area contributed by atoms with Gasteiger partial charge in [-0.2, -0.15) is 14.0 Å². The lowest BCUT2D eigenvalue weighted by molar-refractivity contribution is -0.0498. The van der Waals surface area contributed by atoms with Crippen molar-refractivity contribution in [2.75, 3.05) is 7.11 Å². The van der Waals surface area contributed by atoms with Gasteiger partial charge in [-0.15, -0.1) is 0 Å². The molecule has 0 fully saturated rings. The van der Waals surface area contributed by atoms with Gasteiger partial charge in [0, 0.05) is 4.47 Å². The standard InChI is InChI=1S/C10H6BrF2NO3/c1-16-9(15)8-5(4-14)2-6(3-7(8)11)17-10(12)13/h2-3,10H,1H3. The summed E-state index contributed by atoms with van der Waals surface area (Å²) in [6, 6.07) is 3.92. The molecular weight excluding hydrogens is 300 g/mol. The average molecular weight is 306 g/mol. The lowest BCUT2D eigenvalue weighted by Gasteiger charge is -2.09. The van der Waals surface area contributed by atoms with Gasteiger partial charge in [0.25, 0.3) is 0 Å². The summed E-state index contributed by atoms with van der Waals surface area (Å²) in [5.41, 5.74) is -0.140. The number of ether oxygens (including phenoxy) is 2. The molecule has 0 spiro atoms. The molecule has 0 aliphatic heterocycles. The van der Waals surface area contributed by atoms with Gasteiger partial charge in [-0.3, -0.25) is 0 Å². The van der Waals surface area contributed by atoms with Crippen LogP contribution in [0.25, 0.3) is 0 Å². The molecule has 4 nitrogen and oxygen atoms in total. The van der Waals surface area contributed by atoms with Crippen molar-refractivity contribution in [1.82, 2.24) is 0 Å². The predicted molar refractivity (Wildman–Crippen MR) is 56.8 cm³/mol. The van der Waals surface area contributed by atoms with Crippen molar-refractivity contribution in [3.8, 4) is 11.8 Å². The van der Waals surface area contributed by atoms with Gasteiger partial charge in [-0.05, 0) is 28.1 Å². The third-order valence-corrected chi connectivity index (χ3v) is 2.42. The van der Waals surface area contributed by atoms with Crippen LogP contribution in [0.3, 0.4) is 0 Å². The summed E-state index contributed by atoms with van der Waals surface area (Å²) in [7, 11) is 1.15. The lowest BCUT2D eigenvalue weighted by Crippen LogP contribution is -2.07. The van der Waals surface area contributed by atoms with Crippen molar-refractivity contribution < 1.29 is 23.0 Å². The zero-order chi connectivity index (χ0) is 13.0. The van der Waals surface area contributed by atoms with Crippen LogP contribution in [0, 0.1) is 11.3 Å². The third-order valence-electron chi connectivity index (χ3n) is 1.80. The molecule has 0 N–H and O–H groups in total. The minimum atomic E-state index is -3.00. The van der Waals surface area contributed by atoms with Gasteiger partial charge in [0.05, 0.1) is 18.2 Å². The van der Waals surface area contributed by atoms with E-state index in [4.69, 9.17) is 5.26 Å². The average Bonchev–Trinajstić information content (AvgIpc) is 2.26. The van der Waals surface area contributed by atoms with Crippen LogP contribution in [-0.4, -0.2) is 19.7 Å². The van der Waals surface area contributed by atoms with Crippen molar-refractivity contribution in [1.29, 1.82) is 5.26 Å². The second-order valence-electron chi connectivity index (χ2n) is 2.81. The Kier molecular flexibility index (Phi) is 4.40. The minimum Gasteiger partial charge on any atom is -0.465 e. The molecule has 1 aromatic rings. The maximum Gasteiger partial charge on any atom is 0.387 e. The number of nitriles is 1. The number of esters is 1. The summed E-state index contributed by atoms with van der Waals surface area (Å²) in [6.45, 7) is -3.00. The second-order valence-corrected chi connectivity index (χ2v) is 3.66. The van der Waals surface area contributed by atoms with Crippen LogP contribution in [0.2, 0.25) is 0 Å². The van der Waals surface area contributed by atoms with Crippen LogP contribution >= 0.6 is 15.9 Å². The number of halogens is 3. The van der Waals surface area contributed by atoms with Crippen molar-refractivity contribution in [3.63, 3.8) is 0 Å². The zero-order valence-corrected chi connectivity index (χ0v) is 10.1. The molecule has 0 atom stereocenters. The van der Waals surface area contributed by atoms with Gasteiger partial charge >= 0.3 is 12.6 Å². The molecule has 0 saturated heterocycles. The fourth-order valence-electron chi connectivity index (χ4n) is 1.15. The summed E-state index contributed by atoms with van der Waals surface area (Å²) in [6.07, 6.45) is 0. The molecule has 17 heavy (non-hydrogen) atoms. The highest BCUT2D eigenvalue weighted by atomic mass is 79.9. The van der Waals surface area contributed by atoms with Crippen LogP contribution in [0.1, 0.15) is 15.9 Å². The topological polar surface area (TPSA) is 59.3 Å². The van der Waals surface area contributed by atoms with Gasteiger partial charge in [-0.1, -0.05) is 0 Å². The summed E-state index contributed by atoms with van der Waals surface area (Å²) in [4.78, 5) is 11.4. The van der Waals surface area contributed by atoms with E-state index in [0.717, 1.165) is 13.2 Å². The largest absolute Gasteiger partial charge is 0.465 e. The van der Waals surface area contributed by atoms with Crippen LogP contribution in [0.4, 0.5) is 8.78 Å². The Morgan fingerprint density at radius 3 is 2.65 bits per heavy atom. The third kappa shape index (κ3) is 3.14. The predicted octanol–water partition coefficient (Wildman–Crippen LogP) is 2.71. The number of benzene rings is 1. The number of hydrogen-bond donors (Lipinski definition) is 0. The molecule has 0 heterocycles. The lowest BCUT2D eigenvalue weighted by atomic mass is 10.1. The monoisotopic (exact) mass is 305 g/mol. The Morgan fingerprint density at radius 1 is 1.53 bits per heavy atom. The molecule has 1 aromatic carbocycles. The van der Waals surface area contributed by atoms with E-state index in [1.54, 1.807) is 6.07 Å². The first-order valence-electron chi connectivity index (χ1n) is 4.26. The molecule has 0 radical (unpaired) electrons. The first-order chi connectivity index (χ1) is 7.99. The minimum absolute atomic E-state index is 0.0309. The molecule has 1 rings (SSSR count). The molecule has 7 heteroatoms. The van der Waals surface area contributed by atoms with Crippen LogP contribution in [-0.2, 0) is 4.74 Å². The molecule has 0 saturated carbocycles. The molecule has 0 unspecified atom stereocenters. The Hall–Kier alpha value is -1.68. The molecule has 90 valence electrons. The molecule has 0 bridgehead atoms. The van der Waals surface area contributed by atoms with Gasteiger partial charge < -0.3 is 9.47 Å². The van der Waals surface area contributed by atoms with Gasteiger partial charge in [0.1, 0.15) is 11.8 Å². The van der Waals surface area contributed by atoms with E-state index in [2.05, 4.69) is 25.4 Å². The Morgan fingerprint density at radius 2 is 2.18 bits per heavy atom. The van der Waals surface area contributed by atoms with E-state index < -0.39 is 12.6 Å². The van der Waals surface area contributed by atoms with Crippen LogP contribution in [0.5, 0.6) is 5.75 Å². The molecule has 0 aromatic heterocycles. The smallest absolute Gasteiger partial charge is 0.387 e. The Balaban J connectivity index is 3.27. The molecular formula is C10H6BrF2NO3. The van der Waals surface area contributed by atoms with E-state index in [1.807, 2.05) is 0 Å². The number of alkyl halides is 2. The SMILES string of the molecule is COC(=O)c1c(Br)cc(OC(F)F)cc1C#N. The number of carbonyl (C=O) groups excluding carboxylic acids is 1. The Bertz CT molecular complexity index is 485. The van der Waals surface area contributed by atoms with Crippen molar-refractivity contribution >= 4 is 21.9 Å². The summed E-state index contributed by atoms with van der Waals surface area (Å²) >= 11 is 2.99. The first kappa shape index (κ1) is 13.4. The van der Waals surface area contributed by atoms with E-state index >= 15 is 0 Å². The first-order valence-corrected chi connectivity index (χ1v) is 5.05. The maximum atomic E-state index is 12.0. The normalized spacial score (nSPS) is 9.88. The molecule has 0 aliphatic rings. The van der Waals surface area contributed by atoms with E-state index in [1.165, 1.54) is 6.07 Å². The fraction of sp³-hybridized carbons (Fsp3) is 0.200.